The van der Waals surface area contributed by atoms with E-state index in [1.165, 1.54) is 6.42 Å². The van der Waals surface area contributed by atoms with Crippen LogP contribution in [0.5, 0.6) is 23.0 Å². The van der Waals surface area contributed by atoms with Gasteiger partial charge in [0.2, 0.25) is 11.2 Å². The Kier molecular flexibility index (Phi) is 6.18. The van der Waals surface area contributed by atoms with Crippen molar-refractivity contribution in [2.24, 2.45) is 0 Å². The number of rotatable bonds is 6. The quantitative estimate of drug-likeness (QED) is 0.574. The van der Waals surface area contributed by atoms with Crippen LogP contribution in [0.1, 0.15) is 44.4 Å². The molecule has 0 amide bonds. The van der Waals surface area contributed by atoms with Crippen LogP contribution < -0.4 is 14.9 Å². The molecule has 1 atom stereocenters. The molecule has 2 aromatic carbocycles. The number of hydrogen-bond acceptors (Lipinski definition) is 6. The average Bonchev–Trinajstić information content (AvgIpc) is 2.76. The Bertz CT molecular complexity index is 1140. The van der Waals surface area contributed by atoms with Gasteiger partial charge >= 0.3 is 0 Å². The third kappa shape index (κ3) is 4.26. The van der Waals surface area contributed by atoms with E-state index in [4.69, 9.17) is 13.9 Å². The van der Waals surface area contributed by atoms with Gasteiger partial charge in [-0.3, -0.25) is 9.69 Å². The number of benzene rings is 2. The molecule has 0 radical (unpaired) electrons. The van der Waals surface area contributed by atoms with Crippen LogP contribution in [0.25, 0.3) is 11.0 Å². The van der Waals surface area contributed by atoms with Crippen LogP contribution >= 0.6 is 0 Å². The molecule has 0 aliphatic carbocycles. The molecule has 6 heteroatoms. The molecule has 3 aromatic rings. The number of likely N-dealkylation sites (tertiary alicyclic amines) is 1. The van der Waals surface area contributed by atoms with Crippen LogP contribution in [-0.2, 0) is 6.54 Å². The summed E-state index contributed by atoms with van der Waals surface area (Å²) in [5, 5.41) is 11.0. The molecule has 164 valence electrons. The molecule has 1 N–H and O–H groups in total. The Morgan fingerprint density at radius 1 is 1.16 bits per heavy atom. The van der Waals surface area contributed by atoms with E-state index >= 15 is 0 Å². The van der Waals surface area contributed by atoms with Crippen molar-refractivity contribution in [1.82, 2.24) is 4.90 Å². The number of nitrogens with zero attached hydrogens (tertiary/aromatic N) is 1. The fraction of sp³-hybridized carbons (Fsp3) is 0.400. The van der Waals surface area contributed by atoms with Crippen LogP contribution in [0.2, 0.25) is 0 Å². The van der Waals surface area contributed by atoms with Crippen LogP contribution in [0.3, 0.4) is 0 Å². The molecular formula is C25H29NO5. The lowest BCUT2D eigenvalue weighted by molar-refractivity contribution is 0.151. The van der Waals surface area contributed by atoms with Crippen LogP contribution in [0.4, 0.5) is 0 Å². The number of phenolic OH excluding ortho intramolecular Hbond substituents is 1. The lowest BCUT2D eigenvalue weighted by Crippen LogP contribution is -2.36. The SMILES string of the molecule is CCOc1ccccc1Oc1c(C)oc2c(CN3CCCC[C@@H]3C)c(O)ccc2c1=O. The number of ether oxygens (including phenoxy) is 2. The first-order valence-electron chi connectivity index (χ1n) is 10.9. The van der Waals surface area contributed by atoms with Crippen molar-refractivity contribution in [3.63, 3.8) is 0 Å². The highest BCUT2D eigenvalue weighted by molar-refractivity contribution is 5.83. The van der Waals surface area contributed by atoms with Crippen LogP contribution in [-0.4, -0.2) is 29.2 Å². The number of fused-ring (bicyclic) bond motifs is 1. The highest BCUT2D eigenvalue weighted by Crippen LogP contribution is 2.35. The largest absolute Gasteiger partial charge is 0.507 e. The van der Waals surface area contributed by atoms with Gasteiger partial charge < -0.3 is 19.0 Å². The van der Waals surface area contributed by atoms with E-state index in [2.05, 4.69) is 11.8 Å². The van der Waals surface area contributed by atoms with Gasteiger partial charge in [0.15, 0.2) is 11.5 Å². The third-order valence-corrected chi connectivity index (χ3v) is 5.92. The number of para-hydroxylation sites is 2. The molecule has 1 fully saturated rings. The molecule has 0 spiro atoms. The normalized spacial score (nSPS) is 17.1. The summed E-state index contributed by atoms with van der Waals surface area (Å²) in [5.74, 6) is 1.66. The first-order valence-corrected chi connectivity index (χ1v) is 10.9. The minimum Gasteiger partial charge on any atom is -0.507 e. The molecule has 0 bridgehead atoms. The summed E-state index contributed by atoms with van der Waals surface area (Å²) in [6, 6.07) is 10.8. The minimum atomic E-state index is -0.266. The second kappa shape index (κ2) is 9.02. The maximum atomic E-state index is 13.3. The van der Waals surface area contributed by atoms with Gasteiger partial charge in [0.05, 0.1) is 17.6 Å². The standard InChI is InChI=1S/C25H29NO5/c1-4-29-21-10-5-6-11-22(21)31-24-17(3)30-25-18(23(24)28)12-13-20(27)19(25)15-26-14-8-7-9-16(26)2/h5-6,10-13,16,27H,4,7-9,14-15H2,1-3H3/t16-/m0/s1. The zero-order valence-corrected chi connectivity index (χ0v) is 18.3. The molecule has 1 aliphatic rings. The fourth-order valence-corrected chi connectivity index (χ4v) is 4.18. The summed E-state index contributed by atoms with van der Waals surface area (Å²) in [5.41, 5.74) is 0.802. The Morgan fingerprint density at radius 2 is 1.94 bits per heavy atom. The van der Waals surface area contributed by atoms with Gasteiger partial charge in [-0.15, -0.1) is 0 Å². The summed E-state index contributed by atoms with van der Waals surface area (Å²) >= 11 is 0. The summed E-state index contributed by atoms with van der Waals surface area (Å²) in [6.45, 7) is 7.80. The average molecular weight is 424 g/mol. The smallest absolute Gasteiger partial charge is 0.235 e. The predicted molar refractivity (Wildman–Crippen MR) is 120 cm³/mol. The monoisotopic (exact) mass is 423 g/mol. The second-order valence-corrected chi connectivity index (χ2v) is 8.05. The van der Waals surface area contributed by atoms with Crippen molar-refractivity contribution in [3.8, 4) is 23.0 Å². The van der Waals surface area contributed by atoms with E-state index in [-0.39, 0.29) is 16.9 Å². The lowest BCUT2D eigenvalue weighted by atomic mass is 10.0. The van der Waals surface area contributed by atoms with Gasteiger partial charge in [0.1, 0.15) is 17.1 Å². The summed E-state index contributed by atoms with van der Waals surface area (Å²) in [4.78, 5) is 15.7. The molecule has 0 unspecified atom stereocenters. The predicted octanol–water partition coefficient (Wildman–Crippen LogP) is 5.37. The molecule has 2 heterocycles. The van der Waals surface area contributed by atoms with Crippen molar-refractivity contribution in [2.75, 3.05) is 13.2 Å². The molecular weight excluding hydrogens is 394 g/mol. The van der Waals surface area contributed by atoms with Crippen molar-refractivity contribution >= 4 is 11.0 Å². The van der Waals surface area contributed by atoms with Gasteiger partial charge in [-0.05, 0) is 64.4 Å². The zero-order chi connectivity index (χ0) is 22.0. The van der Waals surface area contributed by atoms with Gasteiger partial charge in [-0.2, -0.15) is 0 Å². The number of aromatic hydroxyl groups is 1. The van der Waals surface area contributed by atoms with Crippen molar-refractivity contribution in [3.05, 3.63) is 57.9 Å². The third-order valence-electron chi connectivity index (χ3n) is 5.92. The van der Waals surface area contributed by atoms with E-state index in [0.717, 1.165) is 19.4 Å². The number of phenols is 1. The van der Waals surface area contributed by atoms with Crippen LogP contribution in [0.15, 0.2) is 45.6 Å². The number of hydrogen-bond donors (Lipinski definition) is 1. The lowest BCUT2D eigenvalue weighted by Gasteiger charge is -2.33. The Hall–Kier alpha value is -2.99. The topological polar surface area (TPSA) is 72.1 Å². The number of piperidine rings is 1. The van der Waals surface area contributed by atoms with Gasteiger partial charge in [0.25, 0.3) is 0 Å². The highest BCUT2D eigenvalue weighted by atomic mass is 16.5. The Labute approximate surface area is 182 Å². The summed E-state index contributed by atoms with van der Waals surface area (Å²) < 4.78 is 17.7. The molecule has 4 rings (SSSR count). The van der Waals surface area contributed by atoms with E-state index in [1.807, 2.05) is 19.1 Å². The van der Waals surface area contributed by atoms with E-state index in [9.17, 15) is 9.90 Å². The summed E-state index contributed by atoms with van der Waals surface area (Å²) in [7, 11) is 0. The Balaban J connectivity index is 1.76. The van der Waals surface area contributed by atoms with Gasteiger partial charge in [0, 0.05) is 12.6 Å². The molecule has 31 heavy (non-hydrogen) atoms. The fourth-order valence-electron chi connectivity index (χ4n) is 4.18. The van der Waals surface area contributed by atoms with E-state index in [1.54, 1.807) is 31.2 Å². The highest BCUT2D eigenvalue weighted by Gasteiger charge is 2.24. The summed E-state index contributed by atoms with van der Waals surface area (Å²) in [6.07, 6.45) is 3.49. The molecule has 1 saturated heterocycles. The second-order valence-electron chi connectivity index (χ2n) is 8.05. The first-order chi connectivity index (χ1) is 15.0. The molecule has 0 saturated carbocycles. The Morgan fingerprint density at radius 3 is 2.68 bits per heavy atom. The van der Waals surface area contributed by atoms with E-state index in [0.29, 0.717) is 53.0 Å². The molecule has 1 aliphatic heterocycles. The molecule has 1 aromatic heterocycles. The zero-order valence-electron chi connectivity index (χ0n) is 18.3. The van der Waals surface area contributed by atoms with Crippen LogP contribution in [0, 0.1) is 6.92 Å². The van der Waals surface area contributed by atoms with Gasteiger partial charge in [-0.1, -0.05) is 18.6 Å². The minimum absolute atomic E-state index is 0.127. The maximum Gasteiger partial charge on any atom is 0.235 e. The van der Waals surface area contributed by atoms with Crippen molar-refractivity contribution in [1.29, 1.82) is 0 Å². The van der Waals surface area contributed by atoms with Gasteiger partial charge in [-0.25, -0.2) is 0 Å². The number of aryl methyl sites for hydroxylation is 1. The van der Waals surface area contributed by atoms with Crippen molar-refractivity contribution < 1.29 is 19.0 Å². The van der Waals surface area contributed by atoms with E-state index < -0.39 is 0 Å². The first kappa shape index (κ1) is 21.2. The maximum absolute atomic E-state index is 13.3. The molecule has 6 nitrogen and oxygen atoms in total. The van der Waals surface area contributed by atoms with Crippen molar-refractivity contribution in [2.45, 2.75) is 52.6 Å².